The number of alkyl halides is 2. The van der Waals surface area contributed by atoms with Gasteiger partial charge in [-0.2, -0.15) is 5.10 Å². The lowest BCUT2D eigenvalue weighted by Gasteiger charge is -2.51. The van der Waals surface area contributed by atoms with Crippen LogP contribution in [0.5, 0.6) is 0 Å². The highest BCUT2D eigenvalue weighted by Crippen LogP contribution is 2.56. The molecule has 1 saturated carbocycles. The summed E-state index contributed by atoms with van der Waals surface area (Å²) in [5.41, 5.74) is 2.57. The largest absolute Gasteiger partial charge is 0.373 e. The van der Waals surface area contributed by atoms with Crippen molar-refractivity contribution in [3.8, 4) is 5.82 Å². The van der Waals surface area contributed by atoms with Crippen LogP contribution < -0.4 is 0 Å². The van der Waals surface area contributed by atoms with Gasteiger partial charge in [-0.05, 0) is 44.7 Å². The van der Waals surface area contributed by atoms with Crippen LogP contribution in [0.25, 0.3) is 5.82 Å². The Morgan fingerprint density at radius 3 is 2.83 bits per heavy atom. The van der Waals surface area contributed by atoms with Crippen molar-refractivity contribution in [3.05, 3.63) is 51.8 Å². The Bertz CT molecular complexity index is 1130. The van der Waals surface area contributed by atoms with Crippen LogP contribution in [0.2, 0.25) is 0 Å². The lowest BCUT2D eigenvalue weighted by molar-refractivity contribution is -0.215. The summed E-state index contributed by atoms with van der Waals surface area (Å²) in [5, 5.41) is 4.41. The summed E-state index contributed by atoms with van der Waals surface area (Å²) in [6.07, 6.45) is 9.43. The maximum absolute atomic E-state index is 14.5. The van der Waals surface area contributed by atoms with Crippen LogP contribution in [-0.2, 0) is 22.6 Å². The Balaban J connectivity index is 1.13. The topological polar surface area (TPSA) is 52.4 Å². The Kier molecular flexibility index (Phi) is 6.20. The van der Waals surface area contributed by atoms with Crippen molar-refractivity contribution in [2.24, 2.45) is 5.92 Å². The van der Waals surface area contributed by atoms with E-state index >= 15 is 0 Å². The van der Waals surface area contributed by atoms with Gasteiger partial charge in [-0.25, -0.2) is 18.4 Å². The lowest BCUT2D eigenvalue weighted by Crippen LogP contribution is -2.61. The molecule has 1 spiro atoms. The molecule has 35 heavy (non-hydrogen) atoms. The molecule has 1 aliphatic carbocycles. The molecule has 6 rings (SSSR count). The minimum atomic E-state index is -2.86. The maximum Gasteiger partial charge on any atom is 0.278 e. The Morgan fingerprint density at radius 1 is 1.26 bits per heavy atom. The molecule has 5 heterocycles. The molecule has 2 atom stereocenters. The Labute approximate surface area is 213 Å². The predicted molar refractivity (Wildman–Crippen MR) is 131 cm³/mol. The second-order valence-electron chi connectivity index (χ2n) is 10.1. The van der Waals surface area contributed by atoms with Gasteiger partial charge in [0.05, 0.1) is 39.5 Å². The van der Waals surface area contributed by atoms with E-state index in [1.54, 1.807) is 6.20 Å². The first-order chi connectivity index (χ1) is 16.8. The summed E-state index contributed by atoms with van der Waals surface area (Å²) in [6, 6.07) is 3.96. The molecule has 10 heteroatoms. The first-order valence-electron chi connectivity index (χ1n) is 12.2. The number of ether oxygens (including phenoxy) is 2. The SMILES string of the molecule is Cc1nn(-c2ncccc2COC2CC2)cc1CN1CCC2(CC1)OCC(F)(F)C1C=C(Cl)SC12. The molecule has 0 radical (unpaired) electrons. The van der Waals surface area contributed by atoms with E-state index in [0.717, 1.165) is 55.1 Å². The summed E-state index contributed by atoms with van der Waals surface area (Å²) in [6.45, 7) is 4.33. The van der Waals surface area contributed by atoms with Crippen LogP contribution in [0.4, 0.5) is 8.78 Å². The third-order valence-electron chi connectivity index (χ3n) is 7.61. The van der Waals surface area contributed by atoms with Crippen molar-refractivity contribution >= 4 is 23.4 Å². The van der Waals surface area contributed by atoms with Gasteiger partial charge in [0.15, 0.2) is 5.82 Å². The van der Waals surface area contributed by atoms with Crippen LogP contribution >= 0.6 is 23.4 Å². The number of pyridine rings is 1. The average Bonchev–Trinajstić information content (AvgIpc) is 3.48. The molecular weight excluding hydrogens is 494 g/mol. The number of likely N-dealkylation sites (tertiary alicyclic amines) is 1. The van der Waals surface area contributed by atoms with Crippen LogP contribution in [0, 0.1) is 12.8 Å². The van der Waals surface area contributed by atoms with Gasteiger partial charge in [0, 0.05) is 43.2 Å². The maximum atomic E-state index is 14.5. The zero-order valence-corrected chi connectivity index (χ0v) is 21.2. The van der Waals surface area contributed by atoms with Crippen molar-refractivity contribution in [1.29, 1.82) is 0 Å². The van der Waals surface area contributed by atoms with Gasteiger partial charge in [-0.15, -0.1) is 11.8 Å². The molecule has 2 aromatic heterocycles. The molecule has 3 aliphatic heterocycles. The molecule has 3 fully saturated rings. The van der Waals surface area contributed by atoms with E-state index in [4.69, 9.17) is 26.2 Å². The van der Waals surface area contributed by atoms with Crippen molar-refractivity contribution in [1.82, 2.24) is 19.7 Å². The number of hydrogen-bond acceptors (Lipinski definition) is 6. The number of fused-ring (bicyclic) bond motifs is 2. The summed E-state index contributed by atoms with van der Waals surface area (Å²) in [5.74, 6) is -2.92. The Hall–Kier alpha value is -1.52. The molecule has 0 aromatic carbocycles. The fraction of sp³-hybridized carbons (Fsp3) is 0.600. The fourth-order valence-electron chi connectivity index (χ4n) is 5.37. The molecule has 2 saturated heterocycles. The molecule has 0 bridgehead atoms. The summed E-state index contributed by atoms with van der Waals surface area (Å²) in [4.78, 5) is 6.92. The molecule has 0 N–H and O–H groups in total. The van der Waals surface area contributed by atoms with Crippen molar-refractivity contribution in [2.45, 2.75) is 68.6 Å². The molecule has 6 nitrogen and oxygen atoms in total. The monoisotopic (exact) mass is 522 g/mol. The number of piperidine rings is 1. The second kappa shape index (κ2) is 9.10. The van der Waals surface area contributed by atoms with Gasteiger partial charge in [-0.1, -0.05) is 17.7 Å². The van der Waals surface area contributed by atoms with E-state index in [2.05, 4.69) is 9.88 Å². The van der Waals surface area contributed by atoms with Crippen LogP contribution in [0.1, 0.15) is 42.5 Å². The van der Waals surface area contributed by atoms with Crippen LogP contribution in [0.3, 0.4) is 0 Å². The van der Waals surface area contributed by atoms with Crippen molar-refractivity contribution < 1.29 is 18.3 Å². The highest BCUT2D eigenvalue weighted by atomic mass is 35.5. The van der Waals surface area contributed by atoms with E-state index in [0.29, 0.717) is 29.9 Å². The van der Waals surface area contributed by atoms with Gasteiger partial charge in [-0.3, -0.25) is 4.90 Å². The number of halogens is 3. The van der Waals surface area contributed by atoms with Gasteiger partial charge >= 0.3 is 0 Å². The predicted octanol–water partition coefficient (Wildman–Crippen LogP) is 5.07. The summed E-state index contributed by atoms with van der Waals surface area (Å²) >= 11 is 7.52. The number of hydrogen-bond donors (Lipinski definition) is 0. The van der Waals surface area contributed by atoms with Gasteiger partial charge in [0.1, 0.15) is 6.61 Å². The number of allylic oxidation sites excluding steroid dienone is 1. The highest BCUT2D eigenvalue weighted by Gasteiger charge is 2.60. The van der Waals surface area contributed by atoms with E-state index < -0.39 is 24.0 Å². The minimum absolute atomic E-state index is 0.328. The average molecular weight is 523 g/mol. The molecule has 4 aliphatic rings. The van der Waals surface area contributed by atoms with Gasteiger partial charge in [0.25, 0.3) is 5.92 Å². The van der Waals surface area contributed by atoms with Gasteiger partial charge in [0.2, 0.25) is 0 Å². The van der Waals surface area contributed by atoms with Crippen molar-refractivity contribution in [3.63, 3.8) is 0 Å². The third kappa shape index (κ3) is 4.66. The van der Waals surface area contributed by atoms with E-state index in [-0.39, 0.29) is 5.25 Å². The van der Waals surface area contributed by atoms with Crippen molar-refractivity contribution in [2.75, 3.05) is 19.7 Å². The normalized spacial score (nSPS) is 27.7. The smallest absolute Gasteiger partial charge is 0.278 e. The summed E-state index contributed by atoms with van der Waals surface area (Å²) in [7, 11) is 0. The van der Waals surface area contributed by atoms with Crippen LogP contribution in [0.15, 0.2) is 35.0 Å². The van der Waals surface area contributed by atoms with Gasteiger partial charge < -0.3 is 9.47 Å². The molecule has 2 unspecified atom stereocenters. The van der Waals surface area contributed by atoms with Crippen LogP contribution in [-0.4, -0.2) is 62.2 Å². The van der Waals surface area contributed by atoms with E-state index in [1.807, 2.05) is 29.9 Å². The minimum Gasteiger partial charge on any atom is -0.373 e. The first-order valence-corrected chi connectivity index (χ1v) is 13.5. The zero-order valence-electron chi connectivity index (χ0n) is 19.6. The number of rotatable bonds is 6. The molecule has 0 amide bonds. The fourth-order valence-corrected chi connectivity index (χ4v) is 7.20. The Morgan fingerprint density at radius 2 is 2.06 bits per heavy atom. The molecule has 188 valence electrons. The second-order valence-corrected chi connectivity index (χ2v) is 11.9. The zero-order chi connectivity index (χ0) is 24.2. The summed E-state index contributed by atoms with van der Waals surface area (Å²) < 4.78 is 43.0. The first kappa shape index (κ1) is 23.9. The highest BCUT2D eigenvalue weighted by molar-refractivity contribution is 8.05. The number of nitrogens with zero attached hydrogens (tertiary/aromatic N) is 4. The van der Waals surface area contributed by atoms with E-state index in [1.165, 1.54) is 17.8 Å². The third-order valence-corrected chi connectivity index (χ3v) is 9.35. The standard InChI is InChI=1S/C25H29ClF2N4O2S/c1-16-18(13-32(30-16)23-17(3-2-8-29-23)14-33-19-4-5-19)12-31-9-6-24(7-10-31)22-20(11-21(26)35-22)25(27,28)15-34-24/h2-3,8,11,13,19-20,22H,4-7,9-10,12,14-15H2,1H3. The lowest BCUT2D eigenvalue weighted by atomic mass is 9.77. The molecule has 2 aromatic rings. The molecular formula is C25H29ClF2N4O2S. The number of aryl methyl sites for hydroxylation is 1. The number of aromatic nitrogens is 3. The van der Waals surface area contributed by atoms with E-state index in [9.17, 15) is 8.78 Å². The number of thioether (sulfide) groups is 1. The quantitative estimate of drug-likeness (QED) is 0.528.